The van der Waals surface area contributed by atoms with Crippen LogP contribution in [0.5, 0.6) is 5.75 Å². The zero-order valence-electron chi connectivity index (χ0n) is 19.5. The molecule has 2 fully saturated rings. The molecule has 5 rings (SSSR count). The van der Waals surface area contributed by atoms with Crippen LogP contribution in [0, 0.1) is 30.1 Å². The van der Waals surface area contributed by atoms with Crippen LogP contribution in [0.3, 0.4) is 0 Å². The number of nitrogens with zero attached hydrogens (tertiary/aromatic N) is 1. The van der Waals surface area contributed by atoms with Gasteiger partial charge in [0.25, 0.3) is 0 Å². The van der Waals surface area contributed by atoms with Crippen LogP contribution in [-0.4, -0.2) is 35.0 Å². The Morgan fingerprint density at radius 1 is 1.36 bits per heavy atom. The fourth-order valence-electron chi connectivity index (χ4n) is 6.97. The van der Waals surface area contributed by atoms with Crippen molar-refractivity contribution in [3.8, 4) is 5.75 Å². The molecule has 2 N–H and O–H groups in total. The third-order valence-electron chi connectivity index (χ3n) is 8.46. The number of aliphatic hydroxyl groups is 1. The Balaban J connectivity index is 1.36. The maximum Gasteiger partial charge on any atom is 0.226 e. The zero-order valence-corrected chi connectivity index (χ0v) is 20.3. The molecule has 2 saturated carbocycles. The molecule has 2 aromatic rings. The summed E-state index contributed by atoms with van der Waals surface area (Å²) in [7, 11) is 1.70. The molecule has 1 aromatic carbocycles. The van der Waals surface area contributed by atoms with Gasteiger partial charge in [0, 0.05) is 22.9 Å². The minimum Gasteiger partial charge on any atom is -0.497 e. The van der Waals surface area contributed by atoms with Gasteiger partial charge in [-0.1, -0.05) is 13.0 Å². The lowest BCUT2D eigenvalue weighted by Crippen LogP contribution is -2.44. The van der Waals surface area contributed by atoms with Crippen LogP contribution in [0.2, 0.25) is 0 Å². The smallest absolute Gasteiger partial charge is 0.226 e. The van der Waals surface area contributed by atoms with E-state index in [1.165, 1.54) is 22.5 Å². The lowest BCUT2D eigenvalue weighted by atomic mass is 9.54. The number of ketones is 1. The van der Waals surface area contributed by atoms with Crippen molar-refractivity contribution in [2.45, 2.75) is 64.4 Å². The standard InChI is InChI=1S/C26H32N2O4S/c1-14-13-27-25(33-14)28-21(29)9-8-20-22-19-6-4-15-12-16(32-3)5-7-17(15)18(19)10-11-26(22,2)24(31)23(20)30/h5,7,12-13,18-20,22-23,30H,4,6,8-11H2,1-3H3,(H,27,28,29)/t18?,19?,20-,22?,23?,26-/m0/s1. The van der Waals surface area contributed by atoms with E-state index in [9.17, 15) is 14.7 Å². The summed E-state index contributed by atoms with van der Waals surface area (Å²) in [6, 6.07) is 6.38. The fraction of sp³-hybridized carbons (Fsp3) is 0.577. The van der Waals surface area contributed by atoms with Gasteiger partial charge in [-0.05, 0) is 86.0 Å². The van der Waals surface area contributed by atoms with E-state index in [2.05, 4.69) is 29.4 Å². The number of carbonyl (C=O) groups excluding carboxylic acids is 2. The molecular formula is C26H32N2O4S. The van der Waals surface area contributed by atoms with Crippen molar-refractivity contribution in [3.05, 3.63) is 40.4 Å². The van der Waals surface area contributed by atoms with Crippen molar-refractivity contribution in [1.82, 2.24) is 4.98 Å². The Morgan fingerprint density at radius 2 is 2.18 bits per heavy atom. The number of Topliss-reactive ketones (excluding diaryl/α,β-unsaturated/α-hetero) is 1. The molecule has 3 aliphatic carbocycles. The summed E-state index contributed by atoms with van der Waals surface area (Å²) in [5, 5.41) is 14.5. The van der Waals surface area contributed by atoms with Crippen LogP contribution >= 0.6 is 11.3 Å². The van der Waals surface area contributed by atoms with E-state index in [0.717, 1.165) is 36.3 Å². The second-order valence-electron chi connectivity index (χ2n) is 10.2. The van der Waals surface area contributed by atoms with Gasteiger partial charge in [-0.15, -0.1) is 11.3 Å². The van der Waals surface area contributed by atoms with Crippen LogP contribution < -0.4 is 10.1 Å². The predicted molar refractivity (Wildman–Crippen MR) is 128 cm³/mol. The van der Waals surface area contributed by atoms with Crippen molar-refractivity contribution in [2.24, 2.45) is 23.2 Å². The molecule has 33 heavy (non-hydrogen) atoms. The minimum atomic E-state index is -0.981. The van der Waals surface area contributed by atoms with Crippen LogP contribution in [0.1, 0.15) is 60.9 Å². The van der Waals surface area contributed by atoms with Gasteiger partial charge < -0.3 is 15.2 Å². The largest absolute Gasteiger partial charge is 0.497 e. The second-order valence-corrected chi connectivity index (χ2v) is 11.4. The summed E-state index contributed by atoms with van der Waals surface area (Å²) < 4.78 is 5.43. The molecule has 0 aliphatic heterocycles. The number of hydrogen-bond acceptors (Lipinski definition) is 6. The molecule has 0 bridgehead atoms. The van der Waals surface area contributed by atoms with Gasteiger partial charge >= 0.3 is 0 Å². The number of anilines is 1. The van der Waals surface area contributed by atoms with E-state index in [4.69, 9.17) is 4.74 Å². The molecule has 1 aromatic heterocycles. The first-order valence-corrected chi connectivity index (χ1v) is 12.7. The lowest BCUT2D eigenvalue weighted by Gasteiger charge is -2.49. The number of aromatic nitrogens is 1. The lowest BCUT2D eigenvalue weighted by molar-refractivity contribution is -0.134. The minimum absolute atomic E-state index is 0.0209. The Bertz CT molecular complexity index is 1080. The van der Waals surface area contributed by atoms with E-state index >= 15 is 0 Å². The Morgan fingerprint density at radius 3 is 2.91 bits per heavy atom. The topological polar surface area (TPSA) is 88.5 Å². The first-order chi connectivity index (χ1) is 15.8. The SMILES string of the molecule is COc1ccc2c(c1)CCC1C2CC[C@]2(C)C(=O)C(O)[C@@H](CCC(=O)Nc3ncc(C)s3)C12. The van der Waals surface area contributed by atoms with Gasteiger partial charge in [-0.2, -0.15) is 0 Å². The van der Waals surface area contributed by atoms with Gasteiger partial charge in [0.1, 0.15) is 11.9 Å². The molecule has 0 saturated heterocycles. The maximum atomic E-state index is 13.2. The second kappa shape index (κ2) is 8.51. The predicted octanol–water partition coefficient (Wildman–Crippen LogP) is 4.50. The normalized spacial score (nSPS) is 32.6. The van der Waals surface area contributed by atoms with E-state index < -0.39 is 11.5 Å². The van der Waals surface area contributed by atoms with Crippen molar-refractivity contribution in [1.29, 1.82) is 0 Å². The summed E-state index contributed by atoms with van der Waals surface area (Å²) in [5.74, 6) is 1.42. The summed E-state index contributed by atoms with van der Waals surface area (Å²) in [6.07, 6.45) is 5.28. The number of fused-ring (bicyclic) bond motifs is 5. The van der Waals surface area contributed by atoms with Crippen LogP contribution in [0.25, 0.3) is 0 Å². The van der Waals surface area contributed by atoms with Gasteiger partial charge in [0.2, 0.25) is 5.91 Å². The Kier molecular flexibility index (Phi) is 5.81. The highest BCUT2D eigenvalue weighted by Crippen LogP contribution is 2.62. The molecule has 1 amide bonds. The van der Waals surface area contributed by atoms with Crippen molar-refractivity contribution in [3.63, 3.8) is 0 Å². The van der Waals surface area contributed by atoms with E-state index in [0.29, 0.717) is 23.4 Å². The van der Waals surface area contributed by atoms with Gasteiger partial charge in [0.15, 0.2) is 10.9 Å². The monoisotopic (exact) mass is 468 g/mol. The number of methoxy groups -OCH3 is 1. The number of amides is 1. The average molecular weight is 469 g/mol. The molecule has 7 heteroatoms. The molecule has 176 valence electrons. The first-order valence-electron chi connectivity index (χ1n) is 11.9. The molecule has 6 nitrogen and oxygen atoms in total. The van der Waals surface area contributed by atoms with Crippen molar-refractivity contribution >= 4 is 28.2 Å². The highest BCUT2D eigenvalue weighted by atomic mass is 32.1. The fourth-order valence-corrected chi connectivity index (χ4v) is 7.65. The average Bonchev–Trinajstić information content (AvgIpc) is 3.30. The number of benzene rings is 1. The quantitative estimate of drug-likeness (QED) is 0.674. The number of aryl methyl sites for hydroxylation is 2. The molecule has 1 heterocycles. The summed E-state index contributed by atoms with van der Waals surface area (Å²) in [4.78, 5) is 31.1. The number of nitrogens with one attached hydrogen (secondary N) is 1. The third kappa shape index (κ3) is 3.79. The van der Waals surface area contributed by atoms with E-state index in [1.54, 1.807) is 13.3 Å². The Labute approximate surface area is 198 Å². The molecular weight excluding hydrogens is 436 g/mol. The van der Waals surface area contributed by atoms with Crippen LogP contribution in [-0.2, 0) is 16.0 Å². The number of rotatable bonds is 5. The van der Waals surface area contributed by atoms with Crippen molar-refractivity contribution < 1.29 is 19.4 Å². The van der Waals surface area contributed by atoms with Gasteiger partial charge in [0.05, 0.1) is 7.11 Å². The third-order valence-corrected chi connectivity index (χ3v) is 9.28. The molecule has 4 unspecified atom stereocenters. The molecule has 3 aliphatic rings. The van der Waals surface area contributed by atoms with Gasteiger partial charge in [-0.3, -0.25) is 9.59 Å². The van der Waals surface area contributed by atoms with E-state index in [-0.39, 0.29) is 29.9 Å². The number of carbonyl (C=O) groups is 2. The summed E-state index contributed by atoms with van der Waals surface area (Å²) in [6.45, 7) is 4.01. The number of ether oxygens (including phenoxy) is 1. The number of hydrogen-bond donors (Lipinski definition) is 2. The van der Waals surface area contributed by atoms with Gasteiger partial charge in [-0.25, -0.2) is 4.98 Å². The highest BCUT2D eigenvalue weighted by Gasteiger charge is 2.62. The van der Waals surface area contributed by atoms with E-state index in [1.807, 2.05) is 13.0 Å². The highest BCUT2D eigenvalue weighted by molar-refractivity contribution is 7.15. The molecule has 0 radical (unpaired) electrons. The molecule has 0 spiro atoms. The van der Waals surface area contributed by atoms with Crippen molar-refractivity contribution in [2.75, 3.05) is 12.4 Å². The van der Waals surface area contributed by atoms with Crippen LogP contribution in [0.4, 0.5) is 5.13 Å². The summed E-state index contributed by atoms with van der Waals surface area (Å²) in [5.41, 5.74) is 2.22. The number of aliphatic hydroxyl groups excluding tert-OH is 1. The summed E-state index contributed by atoms with van der Waals surface area (Å²) >= 11 is 1.45. The first kappa shape index (κ1) is 22.5. The molecule has 6 atom stereocenters. The van der Waals surface area contributed by atoms with Crippen LogP contribution in [0.15, 0.2) is 24.4 Å². The number of thiazole rings is 1. The maximum absolute atomic E-state index is 13.2. The zero-order chi connectivity index (χ0) is 23.3. The Hall–Kier alpha value is -2.25.